The van der Waals surface area contributed by atoms with Crippen LogP contribution in [0.2, 0.25) is 0 Å². The van der Waals surface area contributed by atoms with Crippen LogP contribution in [-0.4, -0.2) is 19.9 Å². The molecule has 4 aromatic rings. The maximum absolute atomic E-state index is 13.4. The number of halogens is 3. The lowest BCUT2D eigenvalue weighted by Gasteiger charge is -2.13. The lowest BCUT2D eigenvalue weighted by Crippen LogP contribution is -2.11. The van der Waals surface area contributed by atoms with Crippen molar-refractivity contribution < 1.29 is 17.9 Å². The van der Waals surface area contributed by atoms with Gasteiger partial charge in [0.25, 0.3) is 0 Å². The van der Waals surface area contributed by atoms with E-state index in [1.54, 1.807) is 42.6 Å². The molecule has 0 aliphatic heterocycles. The maximum Gasteiger partial charge on any atom is 0.433 e. The Morgan fingerprint density at radius 1 is 0.871 bits per heavy atom. The van der Waals surface area contributed by atoms with Gasteiger partial charge in [-0.05, 0) is 36.4 Å². The summed E-state index contributed by atoms with van der Waals surface area (Å²) in [6, 6.07) is 16.3. The highest BCUT2D eigenvalue weighted by atomic mass is 19.4. The van der Waals surface area contributed by atoms with Crippen LogP contribution in [0.1, 0.15) is 11.4 Å². The molecule has 156 valence electrons. The molecule has 1 N–H and O–H groups in total. The lowest BCUT2D eigenvalue weighted by molar-refractivity contribution is -0.141. The van der Waals surface area contributed by atoms with Crippen LogP contribution in [0, 0.1) is 0 Å². The summed E-state index contributed by atoms with van der Waals surface area (Å²) >= 11 is 0. The zero-order chi connectivity index (χ0) is 21.7. The van der Waals surface area contributed by atoms with E-state index in [9.17, 15) is 13.2 Å². The van der Waals surface area contributed by atoms with Crippen molar-refractivity contribution in [1.82, 2.24) is 19.9 Å². The van der Waals surface area contributed by atoms with Crippen molar-refractivity contribution in [3.63, 3.8) is 0 Å². The number of rotatable bonds is 6. The van der Waals surface area contributed by atoms with Crippen LogP contribution in [0.15, 0.2) is 79.3 Å². The number of ether oxygens (including phenoxy) is 1. The summed E-state index contributed by atoms with van der Waals surface area (Å²) in [6.07, 6.45) is -0.0118. The highest BCUT2D eigenvalue weighted by Crippen LogP contribution is 2.31. The number of benzene rings is 1. The predicted molar refractivity (Wildman–Crippen MR) is 109 cm³/mol. The maximum atomic E-state index is 13.4. The van der Waals surface area contributed by atoms with Crippen molar-refractivity contribution in [3.8, 4) is 17.1 Å². The molecule has 0 radical (unpaired) electrons. The van der Waals surface area contributed by atoms with E-state index in [-0.39, 0.29) is 18.2 Å². The molecule has 0 aliphatic carbocycles. The fourth-order valence-electron chi connectivity index (χ4n) is 2.74. The molecule has 0 atom stereocenters. The SMILES string of the molecule is FC(F)(F)c1cc(Nc2cccc(OCc3ccccn3)c2)nc(-c2ccncc2)n1. The molecule has 0 saturated heterocycles. The number of hydrogen-bond donors (Lipinski definition) is 1. The third-order valence-corrected chi connectivity index (χ3v) is 4.17. The number of hydrogen-bond acceptors (Lipinski definition) is 6. The van der Waals surface area contributed by atoms with E-state index in [1.807, 2.05) is 18.2 Å². The van der Waals surface area contributed by atoms with Gasteiger partial charge in [-0.1, -0.05) is 12.1 Å². The fraction of sp³-hybridized carbons (Fsp3) is 0.0909. The molecule has 3 heterocycles. The Morgan fingerprint density at radius 3 is 2.45 bits per heavy atom. The molecule has 3 aromatic heterocycles. The zero-order valence-electron chi connectivity index (χ0n) is 16.0. The van der Waals surface area contributed by atoms with Gasteiger partial charge in [0.2, 0.25) is 0 Å². The average molecular weight is 423 g/mol. The Labute approximate surface area is 175 Å². The van der Waals surface area contributed by atoms with E-state index in [0.29, 0.717) is 17.0 Å². The fourth-order valence-corrected chi connectivity index (χ4v) is 2.74. The van der Waals surface area contributed by atoms with Crippen molar-refractivity contribution in [2.75, 3.05) is 5.32 Å². The topological polar surface area (TPSA) is 72.8 Å². The Kier molecular flexibility index (Phi) is 5.74. The van der Waals surface area contributed by atoms with Gasteiger partial charge in [0.05, 0.1) is 5.69 Å². The number of pyridine rings is 2. The molecule has 0 fully saturated rings. The summed E-state index contributed by atoms with van der Waals surface area (Å²) in [5, 5.41) is 2.90. The number of anilines is 2. The van der Waals surface area contributed by atoms with Gasteiger partial charge in [0, 0.05) is 42.0 Å². The monoisotopic (exact) mass is 423 g/mol. The molecule has 0 unspecified atom stereocenters. The second kappa shape index (κ2) is 8.78. The van der Waals surface area contributed by atoms with E-state index in [1.165, 1.54) is 12.4 Å². The molecule has 1 aromatic carbocycles. The highest BCUT2D eigenvalue weighted by Gasteiger charge is 2.33. The molecule has 0 amide bonds. The first kappa shape index (κ1) is 20.3. The summed E-state index contributed by atoms with van der Waals surface area (Å²) in [7, 11) is 0. The van der Waals surface area contributed by atoms with Gasteiger partial charge >= 0.3 is 6.18 Å². The third kappa shape index (κ3) is 5.33. The first-order valence-electron chi connectivity index (χ1n) is 9.24. The van der Waals surface area contributed by atoms with E-state index in [0.717, 1.165) is 11.8 Å². The number of alkyl halides is 3. The van der Waals surface area contributed by atoms with Gasteiger partial charge < -0.3 is 10.1 Å². The van der Waals surface area contributed by atoms with Crippen molar-refractivity contribution in [1.29, 1.82) is 0 Å². The molecule has 31 heavy (non-hydrogen) atoms. The second-order valence-electron chi connectivity index (χ2n) is 6.46. The van der Waals surface area contributed by atoms with Gasteiger partial charge in [-0.3, -0.25) is 9.97 Å². The molecular weight excluding hydrogens is 407 g/mol. The van der Waals surface area contributed by atoms with E-state index >= 15 is 0 Å². The first-order chi connectivity index (χ1) is 15.0. The zero-order valence-corrected chi connectivity index (χ0v) is 16.0. The Morgan fingerprint density at radius 2 is 1.71 bits per heavy atom. The average Bonchev–Trinajstić information content (AvgIpc) is 2.78. The minimum absolute atomic E-state index is 0.0102. The lowest BCUT2D eigenvalue weighted by atomic mass is 10.2. The molecule has 0 bridgehead atoms. The van der Waals surface area contributed by atoms with Gasteiger partial charge in [-0.15, -0.1) is 0 Å². The Balaban J connectivity index is 1.58. The third-order valence-electron chi connectivity index (χ3n) is 4.17. The Bertz CT molecular complexity index is 1150. The van der Waals surface area contributed by atoms with Crippen LogP contribution in [0.5, 0.6) is 5.75 Å². The van der Waals surface area contributed by atoms with Crippen molar-refractivity contribution >= 4 is 11.5 Å². The molecule has 0 aliphatic rings. The van der Waals surface area contributed by atoms with Gasteiger partial charge in [-0.25, -0.2) is 9.97 Å². The van der Waals surface area contributed by atoms with Crippen molar-refractivity contribution in [2.24, 2.45) is 0 Å². The minimum atomic E-state index is -4.62. The summed E-state index contributed by atoms with van der Waals surface area (Å²) < 4.78 is 45.8. The Hall–Kier alpha value is -4.01. The van der Waals surface area contributed by atoms with E-state index in [2.05, 4.69) is 25.3 Å². The molecule has 0 spiro atoms. The van der Waals surface area contributed by atoms with Crippen LogP contribution in [-0.2, 0) is 12.8 Å². The van der Waals surface area contributed by atoms with E-state index in [4.69, 9.17) is 4.74 Å². The summed E-state index contributed by atoms with van der Waals surface area (Å²) in [6.45, 7) is 0.266. The second-order valence-corrected chi connectivity index (χ2v) is 6.46. The quantitative estimate of drug-likeness (QED) is 0.455. The molecule has 0 saturated carbocycles. The van der Waals surface area contributed by atoms with Gasteiger partial charge in [0.1, 0.15) is 18.2 Å². The molecular formula is C22H16F3N5O. The smallest absolute Gasteiger partial charge is 0.433 e. The number of nitrogens with zero attached hydrogens (tertiary/aromatic N) is 4. The largest absolute Gasteiger partial charge is 0.487 e. The minimum Gasteiger partial charge on any atom is -0.487 e. The van der Waals surface area contributed by atoms with Crippen LogP contribution in [0.3, 0.4) is 0 Å². The van der Waals surface area contributed by atoms with Gasteiger partial charge in [0.15, 0.2) is 11.5 Å². The van der Waals surface area contributed by atoms with Crippen LogP contribution in [0.4, 0.5) is 24.7 Å². The van der Waals surface area contributed by atoms with Crippen LogP contribution in [0.25, 0.3) is 11.4 Å². The molecule has 9 heteroatoms. The number of aromatic nitrogens is 4. The summed E-state index contributed by atoms with van der Waals surface area (Å²) in [5.41, 5.74) is 0.662. The molecule has 6 nitrogen and oxygen atoms in total. The van der Waals surface area contributed by atoms with E-state index < -0.39 is 11.9 Å². The van der Waals surface area contributed by atoms with Gasteiger partial charge in [-0.2, -0.15) is 13.2 Å². The normalized spacial score (nSPS) is 11.2. The molecule has 4 rings (SSSR count). The van der Waals surface area contributed by atoms with Crippen LogP contribution >= 0.6 is 0 Å². The number of nitrogens with one attached hydrogen (secondary N) is 1. The van der Waals surface area contributed by atoms with Crippen molar-refractivity contribution in [3.05, 3.63) is 90.6 Å². The van der Waals surface area contributed by atoms with Crippen molar-refractivity contribution in [2.45, 2.75) is 12.8 Å². The summed E-state index contributed by atoms with van der Waals surface area (Å²) in [5.74, 6) is 0.494. The highest BCUT2D eigenvalue weighted by molar-refractivity contribution is 5.62. The van der Waals surface area contributed by atoms with Crippen LogP contribution < -0.4 is 10.1 Å². The first-order valence-corrected chi connectivity index (χ1v) is 9.24. The standard InChI is InChI=1S/C22H16F3N5O/c23-22(24,25)19-13-20(30-21(29-19)15-7-10-26-11-8-15)28-16-5-3-6-18(12-16)31-14-17-4-1-2-9-27-17/h1-13H,14H2,(H,28,29,30). The predicted octanol–water partition coefficient (Wildman–Crippen LogP) is 5.28. The summed E-state index contributed by atoms with van der Waals surface area (Å²) in [4.78, 5) is 16.0.